The third-order valence-electron chi connectivity index (χ3n) is 4.73. The van der Waals surface area contributed by atoms with E-state index in [9.17, 15) is 0 Å². The fraction of sp³-hybridized carbons (Fsp3) is 0.217. The predicted molar refractivity (Wildman–Crippen MR) is 117 cm³/mol. The molecule has 0 spiro atoms. The molecule has 0 saturated carbocycles. The number of nitrogens with zero attached hydrogens (tertiary/aromatic N) is 3. The number of fused-ring (bicyclic) bond motifs is 1. The van der Waals surface area contributed by atoms with E-state index in [1.807, 2.05) is 60.8 Å². The SMILES string of the molecule is CCCCNc1nc(N)nc2ccn(Cc3ccccc3Oc3ccccc3)c12. The number of hydrogen-bond donors (Lipinski definition) is 2. The monoisotopic (exact) mass is 387 g/mol. The van der Waals surface area contributed by atoms with Gasteiger partial charge < -0.3 is 20.4 Å². The molecule has 29 heavy (non-hydrogen) atoms. The smallest absolute Gasteiger partial charge is 0.222 e. The van der Waals surface area contributed by atoms with E-state index in [-0.39, 0.29) is 5.95 Å². The highest BCUT2D eigenvalue weighted by Crippen LogP contribution is 2.28. The molecular weight excluding hydrogens is 362 g/mol. The molecule has 0 atom stereocenters. The highest BCUT2D eigenvalue weighted by atomic mass is 16.5. The predicted octanol–water partition coefficient (Wildman–Crippen LogP) is 5.07. The molecule has 3 N–H and O–H groups in total. The number of aromatic nitrogens is 3. The van der Waals surface area contributed by atoms with Crippen LogP contribution in [0.3, 0.4) is 0 Å². The molecule has 2 aromatic heterocycles. The van der Waals surface area contributed by atoms with E-state index in [0.29, 0.717) is 6.54 Å². The lowest BCUT2D eigenvalue weighted by Crippen LogP contribution is -2.09. The molecule has 0 saturated heterocycles. The maximum absolute atomic E-state index is 6.12. The molecular formula is C23H25N5O. The average Bonchev–Trinajstić information content (AvgIpc) is 3.13. The van der Waals surface area contributed by atoms with Crippen molar-refractivity contribution in [3.63, 3.8) is 0 Å². The van der Waals surface area contributed by atoms with E-state index < -0.39 is 0 Å². The summed E-state index contributed by atoms with van der Waals surface area (Å²) < 4.78 is 8.25. The van der Waals surface area contributed by atoms with Crippen LogP contribution in [0.5, 0.6) is 11.5 Å². The fourth-order valence-corrected chi connectivity index (χ4v) is 3.30. The van der Waals surface area contributed by atoms with Crippen LogP contribution in [0.2, 0.25) is 0 Å². The van der Waals surface area contributed by atoms with Crippen molar-refractivity contribution >= 4 is 22.8 Å². The van der Waals surface area contributed by atoms with Gasteiger partial charge in [-0.1, -0.05) is 49.7 Å². The van der Waals surface area contributed by atoms with Gasteiger partial charge in [-0.15, -0.1) is 0 Å². The summed E-state index contributed by atoms with van der Waals surface area (Å²) in [6, 6.07) is 19.9. The second-order valence-corrected chi connectivity index (χ2v) is 6.91. The summed E-state index contributed by atoms with van der Waals surface area (Å²) in [7, 11) is 0. The van der Waals surface area contributed by atoms with Crippen LogP contribution in [0.4, 0.5) is 11.8 Å². The first kappa shape index (κ1) is 18.8. The molecule has 2 aromatic carbocycles. The molecule has 6 heteroatoms. The molecule has 0 aliphatic heterocycles. The van der Waals surface area contributed by atoms with Gasteiger partial charge in [-0.25, -0.2) is 4.98 Å². The number of nitrogen functional groups attached to an aromatic ring is 1. The number of rotatable bonds is 8. The highest BCUT2D eigenvalue weighted by molar-refractivity contribution is 5.87. The Bertz CT molecular complexity index is 1090. The lowest BCUT2D eigenvalue weighted by Gasteiger charge is -2.14. The Hall–Kier alpha value is -3.54. The number of hydrogen-bond acceptors (Lipinski definition) is 5. The van der Waals surface area contributed by atoms with Gasteiger partial charge in [0.15, 0.2) is 5.82 Å². The number of unbranched alkanes of at least 4 members (excludes halogenated alkanes) is 1. The van der Waals surface area contributed by atoms with Gasteiger partial charge in [-0.3, -0.25) is 0 Å². The lowest BCUT2D eigenvalue weighted by atomic mass is 10.2. The second-order valence-electron chi connectivity index (χ2n) is 6.91. The zero-order valence-corrected chi connectivity index (χ0v) is 16.5. The van der Waals surface area contributed by atoms with E-state index in [0.717, 1.165) is 53.3 Å². The van der Waals surface area contributed by atoms with E-state index in [4.69, 9.17) is 10.5 Å². The summed E-state index contributed by atoms with van der Waals surface area (Å²) in [6.07, 6.45) is 4.20. The van der Waals surface area contributed by atoms with E-state index in [1.54, 1.807) is 0 Å². The van der Waals surface area contributed by atoms with Gasteiger partial charge in [0, 0.05) is 18.3 Å². The summed E-state index contributed by atoms with van der Waals surface area (Å²) in [5.74, 6) is 2.70. The van der Waals surface area contributed by atoms with Gasteiger partial charge in [0.2, 0.25) is 5.95 Å². The maximum atomic E-state index is 6.12. The Balaban J connectivity index is 1.66. The lowest BCUT2D eigenvalue weighted by molar-refractivity contribution is 0.474. The first-order valence-electron chi connectivity index (χ1n) is 9.91. The topological polar surface area (TPSA) is 78.0 Å². The van der Waals surface area contributed by atoms with Crippen LogP contribution >= 0.6 is 0 Å². The summed E-state index contributed by atoms with van der Waals surface area (Å²) in [4.78, 5) is 8.83. The largest absolute Gasteiger partial charge is 0.457 e. The molecule has 2 heterocycles. The Morgan fingerprint density at radius 3 is 2.62 bits per heavy atom. The Labute approximate surface area is 170 Å². The summed E-state index contributed by atoms with van der Waals surface area (Å²) in [5, 5.41) is 3.41. The van der Waals surface area contributed by atoms with Crippen molar-refractivity contribution in [1.29, 1.82) is 0 Å². The van der Waals surface area contributed by atoms with Gasteiger partial charge in [0.05, 0.1) is 12.1 Å². The molecule has 148 valence electrons. The minimum atomic E-state index is 0.280. The van der Waals surface area contributed by atoms with Crippen LogP contribution in [-0.4, -0.2) is 21.1 Å². The number of nitrogens with two attached hydrogens (primary N) is 1. The van der Waals surface area contributed by atoms with Crippen molar-refractivity contribution in [2.45, 2.75) is 26.3 Å². The Morgan fingerprint density at radius 1 is 1.00 bits per heavy atom. The van der Waals surface area contributed by atoms with Gasteiger partial charge in [0.1, 0.15) is 17.0 Å². The third kappa shape index (κ3) is 4.32. The van der Waals surface area contributed by atoms with Crippen LogP contribution in [0.15, 0.2) is 66.9 Å². The van der Waals surface area contributed by atoms with Crippen LogP contribution in [0.25, 0.3) is 11.0 Å². The number of para-hydroxylation sites is 2. The molecule has 0 aliphatic carbocycles. The Morgan fingerprint density at radius 2 is 1.79 bits per heavy atom. The van der Waals surface area contributed by atoms with Crippen molar-refractivity contribution < 1.29 is 4.74 Å². The molecule has 4 aromatic rings. The Kier molecular flexibility index (Phi) is 5.61. The molecule has 0 bridgehead atoms. The normalized spacial score (nSPS) is 10.9. The van der Waals surface area contributed by atoms with Crippen LogP contribution in [0, 0.1) is 0 Å². The van der Waals surface area contributed by atoms with E-state index in [2.05, 4.69) is 32.8 Å². The fourth-order valence-electron chi connectivity index (χ4n) is 3.30. The number of benzene rings is 2. The highest BCUT2D eigenvalue weighted by Gasteiger charge is 2.13. The minimum Gasteiger partial charge on any atom is -0.457 e. The second kappa shape index (κ2) is 8.65. The van der Waals surface area contributed by atoms with Gasteiger partial charge in [-0.2, -0.15) is 4.98 Å². The molecule has 0 unspecified atom stereocenters. The summed E-state index contributed by atoms with van der Waals surface area (Å²) >= 11 is 0. The van der Waals surface area contributed by atoms with Crippen molar-refractivity contribution in [3.05, 3.63) is 72.4 Å². The minimum absolute atomic E-state index is 0.280. The molecule has 0 aliphatic rings. The quantitative estimate of drug-likeness (QED) is 0.413. The molecule has 4 rings (SSSR count). The van der Waals surface area contributed by atoms with E-state index >= 15 is 0 Å². The zero-order valence-electron chi connectivity index (χ0n) is 16.5. The van der Waals surface area contributed by atoms with Crippen LogP contribution < -0.4 is 15.8 Å². The molecule has 0 fully saturated rings. The van der Waals surface area contributed by atoms with Crippen molar-refractivity contribution in [1.82, 2.24) is 14.5 Å². The van der Waals surface area contributed by atoms with Gasteiger partial charge in [-0.05, 0) is 30.7 Å². The van der Waals surface area contributed by atoms with Gasteiger partial charge >= 0.3 is 0 Å². The first-order chi connectivity index (χ1) is 14.2. The van der Waals surface area contributed by atoms with Crippen LogP contribution in [-0.2, 0) is 6.54 Å². The van der Waals surface area contributed by atoms with Crippen molar-refractivity contribution in [3.8, 4) is 11.5 Å². The maximum Gasteiger partial charge on any atom is 0.222 e. The van der Waals surface area contributed by atoms with Crippen molar-refractivity contribution in [2.75, 3.05) is 17.6 Å². The number of anilines is 2. The number of ether oxygens (including phenoxy) is 1. The van der Waals surface area contributed by atoms with Crippen LogP contribution in [0.1, 0.15) is 25.3 Å². The van der Waals surface area contributed by atoms with Gasteiger partial charge in [0.25, 0.3) is 0 Å². The zero-order chi connectivity index (χ0) is 20.1. The third-order valence-corrected chi connectivity index (χ3v) is 4.73. The number of nitrogens with one attached hydrogen (secondary N) is 1. The molecule has 0 amide bonds. The van der Waals surface area contributed by atoms with E-state index in [1.165, 1.54) is 0 Å². The summed E-state index contributed by atoms with van der Waals surface area (Å²) in [6.45, 7) is 3.65. The van der Waals surface area contributed by atoms with Crippen molar-refractivity contribution in [2.24, 2.45) is 0 Å². The molecule has 6 nitrogen and oxygen atoms in total. The standard InChI is InChI=1S/C23H25N5O/c1-2-3-14-25-22-21-19(26-23(24)27-22)13-15-28(21)16-17-9-7-8-12-20(17)29-18-10-5-4-6-11-18/h4-13,15H,2-3,14,16H2,1H3,(H3,24,25,26,27). The first-order valence-corrected chi connectivity index (χ1v) is 9.91. The summed E-state index contributed by atoms with van der Waals surface area (Å²) in [5.41, 5.74) is 8.76. The average molecular weight is 387 g/mol. The molecule has 0 radical (unpaired) electrons.